The molecule has 0 saturated carbocycles. The van der Waals surface area contributed by atoms with Crippen LogP contribution in [-0.4, -0.2) is 24.2 Å². The Morgan fingerprint density at radius 1 is 1.55 bits per heavy atom. The Balaban J connectivity index is -0.000000320. The highest BCUT2D eigenvalue weighted by Gasteiger charge is 2.01. The van der Waals surface area contributed by atoms with E-state index < -0.39 is 0 Å². The van der Waals surface area contributed by atoms with Crippen LogP contribution >= 0.6 is 37.0 Å². The molecule has 0 bridgehead atoms. The lowest BCUT2D eigenvalue weighted by Crippen LogP contribution is -2.28. The first kappa shape index (κ1) is 17.5. The molecule has 0 aromatic carbocycles. The van der Waals surface area contributed by atoms with Gasteiger partial charge in [0.15, 0.2) is 5.05 Å². The highest BCUT2D eigenvalue weighted by molar-refractivity contribution is 7.80. The first-order valence-electron chi connectivity index (χ1n) is 2.80. The van der Waals surface area contributed by atoms with Crippen LogP contribution in [0.3, 0.4) is 0 Å². The van der Waals surface area contributed by atoms with Crippen molar-refractivity contribution in [2.45, 2.75) is 13.0 Å². The third-order valence-corrected chi connectivity index (χ3v) is 1.22. The van der Waals surface area contributed by atoms with Crippen molar-refractivity contribution in [1.82, 2.24) is 0 Å². The van der Waals surface area contributed by atoms with Crippen LogP contribution in [0, 0.1) is 0 Å². The standard InChI is InChI=1S/C5H12N2OS.2ClH/c1-4(7)5(9)8-3-2-6;;/h4H,2-3,6-7H2,1H3;2*1H/t4-;;/m0../s1. The van der Waals surface area contributed by atoms with E-state index in [-0.39, 0.29) is 30.9 Å². The van der Waals surface area contributed by atoms with E-state index in [1.807, 2.05) is 0 Å². The number of hydrogen-bond donors (Lipinski definition) is 2. The van der Waals surface area contributed by atoms with E-state index in [9.17, 15) is 0 Å². The number of nitrogens with two attached hydrogens (primary N) is 2. The van der Waals surface area contributed by atoms with Gasteiger partial charge in [-0.25, -0.2) is 0 Å². The molecular formula is C5H14Cl2N2OS. The molecule has 0 aliphatic heterocycles. The first-order chi connectivity index (χ1) is 4.18. The average molecular weight is 221 g/mol. The maximum Gasteiger partial charge on any atom is 0.176 e. The van der Waals surface area contributed by atoms with Crippen molar-refractivity contribution < 1.29 is 4.74 Å². The Kier molecular flexibility index (Phi) is 16.5. The van der Waals surface area contributed by atoms with E-state index in [2.05, 4.69) is 0 Å². The molecule has 4 N–H and O–H groups in total. The highest BCUT2D eigenvalue weighted by Crippen LogP contribution is 1.85. The maximum absolute atomic E-state index is 5.37. The molecule has 0 rings (SSSR count). The summed E-state index contributed by atoms with van der Waals surface area (Å²) in [6.07, 6.45) is 0. The van der Waals surface area contributed by atoms with Gasteiger partial charge in [-0.2, -0.15) is 0 Å². The molecular weight excluding hydrogens is 207 g/mol. The van der Waals surface area contributed by atoms with Crippen molar-refractivity contribution in [2.75, 3.05) is 13.2 Å². The van der Waals surface area contributed by atoms with Gasteiger partial charge in [-0.3, -0.25) is 0 Å². The summed E-state index contributed by atoms with van der Waals surface area (Å²) >= 11 is 4.74. The van der Waals surface area contributed by atoms with Gasteiger partial charge in [-0.15, -0.1) is 24.8 Å². The van der Waals surface area contributed by atoms with Crippen LogP contribution in [0.5, 0.6) is 0 Å². The molecule has 0 radical (unpaired) electrons. The molecule has 0 heterocycles. The predicted molar refractivity (Wildman–Crippen MR) is 55.7 cm³/mol. The Bertz CT molecular complexity index is 102. The van der Waals surface area contributed by atoms with Gasteiger partial charge in [0.05, 0.1) is 6.04 Å². The van der Waals surface area contributed by atoms with Gasteiger partial charge in [0.2, 0.25) is 0 Å². The second-order valence-corrected chi connectivity index (χ2v) is 2.15. The molecule has 0 fully saturated rings. The fourth-order valence-corrected chi connectivity index (χ4v) is 0.374. The van der Waals surface area contributed by atoms with Crippen LogP contribution < -0.4 is 11.5 Å². The van der Waals surface area contributed by atoms with Crippen LogP contribution in [0.25, 0.3) is 0 Å². The molecule has 11 heavy (non-hydrogen) atoms. The SMILES string of the molecule is C[C@H](N)C(=S)OCCN.Cl.Cl. The third kappa shape index (κ3) is 10.4. The van der Waals surface area contributed by atoms with Crippen molar-refractivity contribution >= 4 is 42.1 Å². The van der Waals surface area contributed by atoms with Gasteiger partial charge in [-0.1, -0.05) is 0 Å². The summed E-state index contributed by atoms with van der Waals surface area (Å²) in [6.45, 7) is 2.71. The molecule has 0 saturated heterocycles. The minimum Gasteiger partial charge on any atom is -0.484 e. The Morgan fingerprint density at radius 2 is 2.00 bits per heavy atom. The predicted octanol–water partition coefficient (Wildman–Crippen LogP) is 0.480. The monoisotopic (exact) mass is 220 g/mol. The minimum absolute atomic E-state index is 0. The van der Waals surface area contributed by atoms with Crippen LogP contribution in [0.1, 0.15) is 6.92 Å². The second kappa shape index (κ2) is 10.4. The van der Waals surface area contributed by atoms with Crippen molar-refractivity contribution in [3.63, 3.8) is 0 Å². The Hall–Kier alpha value is 0.390. The zero-order valence-electron chi connectivity index (χ0n) is 6.28. The Morgan fingerprint density at radius 3 is 2.27 bits per heavy atom. The zero-order chi connectivity index (χ0) is 7.28. The molecule has 0 amide bonds. The van der Waals surface area contributed by atoms with Gasteiger partial charge in [0.25, 0.3) is 0 Å². The van der Waals surface area contributed by atoms with Crippen molar-refractivity contribution in [3.05, 3.63) is 0 Å². The van der Waals surface area contributed by atoms with Crippen LogP contribution in [0.2, 0.25) is 0 Å². The van der Waals surface area contributed by atoms with Crippen molar-refractivity contribution in [1.29, 1.82) is 0 Å². The number of thiocarbonyl (C=S) groups is 1. The van der Waals surface area contributed by atoms with Gasteiger partial charge < -0.3 is 16.2 Å². The molecule has 0 spiro atoms. The fourth-order valence-electron chi connectivity index (χ4n) is 0.291. The van der Waals surface area contributed by atoms with Gasteiger partial charge in [0.1, 0.15) is 6.61 Å². The van der Waals surface area contributed by atoms with E-state index in [4.69, 9.17) is 28.4 Å². The lowest BCUT2D eigenvalue weighted by atomic mass is 10.4. The van der Waals surface area contributed by atoms with Gasteiger partial charge in [-0.05, 0) is 19.1 Å². The van der Waals surface area contributed by atoms with Crippen LogP contribution in [0.15, 0.2) is 0 Å². The molecule has 0 aromatic heterocycles. The summed E-state index contributed by atoms with van der Waals surface area (Å²) in [6, 6.07) is -0.174. The molecule has 0 aromatic rings. The lowest BCUT2D eigenvalue weighted by Gasteiger charge is -2.07. The van der Waals surface area contributed by atoms with E-state index in [0.717, 1.165) is 0 Å². The smallest absolute Gasteiger partial charge is 0.176 e. The summed E-state index contributed by atoms with van der Waals surface area (Å²) in [7, 11) is 0. The highest BCUT2D eigenvalue weighted by atomic mass is 35.5. The maximum atomic E-state index is 5.37. The van der Waals surface area contributed by atoms with Crippen LogP contribution in [0.4, 0.5) is 0 Å². The van der Waals surface area contributed by atoms with Crippen LogP contribution in [-0.2, 0) is 4.74 Å². The molecule has 0 unspecified atom stereocenters. The topological polar surface area (TPSA) is 61.3 Å². The molecule has 0 aliphatic carbocycles. The zero-order valence-corrected chi connectivity index (χ0v) is 8.73. The normalized spacial score (nSPS) is 10.5. The number of rotatable bonds is 3. The lowest BCUT2D eigenvalue weighted by molar-refractivity contribution is 0.312. The van der Waals surface area contributed by atoms with Gasteiger partial charge in [0, 0.05) is 6.54 Å². The molecule has 6 heteroatoms. The average Bonchev–Trinajstić information content (AvgIpc) is 1.82. The summed E-state index contributed by atoms with van der Waals surface area (Å²) in [5.74, 6) is 0. The van der Waals surface area contributed by atoms with E-state index in [1.165, 1.54) is 0 Å². The van der Waals surface area contributed by atoms with E-state index in [1.54, 1.807) is 6.92 Å². The van der Waals surface area contributed by atoms with E-state index >= 15 is 0 Å². The van der Waals surface area contributed by atoms with Crippen molar-refractivity contribution in [2.24, 2.45) is 11.5 Å². The molecule has 1 atom stereocenters. The molecule has 0 aliphatic rings. The number of ether oxygens (including phenoxy) is 1. The van der Waals surface area contributed by atoms with Gasteiger partial charge >= 0.3 is 0 Å². The van der Waals surface area contributed by atoms with E-state index in [0.29, 0.717) is 18.2 Å². The minimum atomic E-state index is -0.174. The largest absolute Gasteiger partial charge is 0.484 e. The number of halogens is 2. The Labute approximate surface area is 84.7 Å². The first-order valence-corrected chi connectivity index (χ1v) is 3.21. The fraction of sp³-hybridized carbons (Fsp3) is 0.800. The van der Waals surface area contributed by atoms with Crippen molar-refractivity contribution in [3.8, 4) is 0 Å². The summed E-state index contributed by atoms with van der Waals surface area (Å²) in [5, 5.41) is 0.431. The molecule has 70 valence electrons. The molecule has 3 nitrogen and oxygen atoms in total. The number of hydrogen-bond acceptors (Lipinski definition) is 4. The summed E-state index contributed by atoms with van der Waals surface area (Å²) in [5.41, 5.74) is 10.5. The summed E-state index contributed by atoms with van der Waals surface area (Å²) in [4.78, 5) is 0. The second-order valence-electron chi connectivity index (χ2n) is 1.74. The quantitative estimate of drug-likeness (QED) is 0.680. The summed E-state index contributed by atoms with van der Waals surface area (Å²) < 4.78 is 4.93. The third-order valence-electron chi connectivity index (χ3n) is 0.734.